The van der Waals surface area contributed by atoms with E-state index in [0.29, 0.717) is 0 Å². The van der Waals surface area contributed by atoms with Gasteiger partial charge in [0, 0.05) is 62.8 Å². The number of nitrogens with zero attached hydrogens (tertiary/aromatic N) is 2. The van der Waals surface area contributed by atoms with Gasteiger partial charge in [0.2, 0.25) is 0 Å². The molecule has 0 aromatic heterocycles. The first-order valence-electron chi connectivity index (χ1n) is 20.5. The molecular weight excluding hydrogens is 908 g/mol. The van der Waals surface area contributed by atoms with Crippen molar-refractivity contribution in [2.45, 2.75) is 102 Å². The number of nitrogens with one attached hydrogen (secondary N) is 2. The molecule has 0 amide bonds. The van der Waals surface area contributed by atoms with Crippen molar-refractivity contribution >= 4 is 70.1 Å². The minimum Gasteiger partial charge on any atom is -0.462 e. The number of hydrogen-bond donors (Lipinski definition) is 8. The average molecular weight is 965 g/mol. The molecule has 0 spiro atoms. The Morgan fingerprint density at radius 1 is 0.544 bits per heavy atom. The first kappa shape index (κ1) is 56.9. The predicted octanol–water partition coefficient (Wildman–Crippen LogP) is -0.474. The molecule has 28 nitrogen and oxygen atoms in total. The lowest BCUT2D eigenvalue weighted by atomic mass is 10.0. The number of carbonyl (C=O) groups is 8. The minimum absolute atomic E-state index is 0.125. The standard InChI is InChI=1S/C40H56N10O18/c1-21(2)17-39(45,37(57)67-47-23-5-9-25(10-6-23)49(59)60)65-35(55)31(43)19-63-33(53)29(41)15-27(51)13-14-28(52)16-30(42)34(54)64-20-32(44)36(56)66-40(46,18-22(3)4)38(58)68-48-24-7-11-26(12-8-24)50(61)62/h5-12,21-22,29-32,47-48H,13-20,41-46H2,1-4H3. The van der Waals surface area contributed by atoms with Crippen molar-refractivity contribution in [2.24, 2.45) is 46.2 Å². The molecule has 0 radical (unpaired) electrons. The molecular formula is C40H56N10O18. The van der Waals surface area contributed by atoms with Gasteiger partial charge in [-0.25, -0.2) is 20.5 Å². The van der Waals surface area contributed by atoms with E-state index in [2.05, 4.69) is 11.0 Å². The molecule has 0 heterocycles. The molecule has 28 heteroatoms. The number of hydrogen-bond acceptors (Lipinski definition) is 26. The molecule has 14 N–H and O–H groups in total. The van der Waals surface area contributed by atoms with Gasteiger partial charge < -0.3 is 51.6 Å². The Bertz CT molecular complexity index is 1990. The quantitative estimate of drug-likeness (QED) is 0.0168. The van der Waals surface area contributed by atoms with Crippen molar-refractivity contribution in [3.63, 3.8) is 0 Å². The van der Waals surface area contributed by atoms with E-state index < -0.39 is 132 Å². The van der Waals surface area contributed by atoms with E-state index in [1.54, 1.807) is 27.7 Å². The fourth-order valence-electron chi connectivity index (χ4n) is 5.58. The van der Waals surface area contributed by atoms with Gasteiger partial charge in [0.25, 0.3) is 22.8 Å². The van der Waals surface area contributed by atoms with Crippen LogP contribution >= 0.6 is 0 Å². The molecule has 0 saturated heterocycles. The fourth-order valence-corrected chi connectivity index (χ4v) is 5.58. The molecule has 0 aliphatic heterocycles. The zero-order chi connectivity index (χ0) is 51.5. The van der Waals surface area contributed by atoms with E-state index >= 15 is 0 Å². The summed E-state index contributed by atoms with van der Waals surface area (Å²) in [6.07, 6.45) is -2.60. The zero-order valence-corrected chi connectivity index (χ0v) is 37.4. The molecule has 68 heavy (non-hydrogen) atoms. The van der Waals surface area contributed by atoms with E-state index in [0.717, 1.165) is 24.3 Å². The van der Waals surface area contributed by atoms with Crippen LogP contribution in [0.3, 0.4) is 0 Å². The van der Waals surface area contributed by atoms with E-state index in [4.69, 9.17) is 63.0 Å². The van der Waals surface area contributed by atoms with Crippen LogP contribution in [0.25, 0.3) is 0 Å². The largest absolute Gasteiger partial charge is 0.462 e. The van der Waals surface area contributed by atoms with Gasteiger partial charge in [-0.3, -0.25) is 60.5 Å². The Labute approximate surface area is 387 Å². The van der Waals surface area contributed by atoms with Gasteiger partial charge in [-0.05, 0) is 36.1 Å². The Kier molecular flexibility index (Phi) is 21.9. The Morgan fingerprint density at radius 2 is 0.853 bits per heavy atom. The Morgan fingerprint density at radius 3 is 1.13 bits per heavy atom. The molecule has 2 rings (SSSR count). The first-order valence-corrected chi connectivity index (χ1v) is 20.5. The lowest BCUT2D eigenvalue weighted by Gasteiger charge is -2.29. The number of nitro groups is 2. The molecule has 0 bridgehead atoms. The van der Waals surface area contributed by atoms with Crippen LogP contribution in [0, 0.1) is 32.1 Å². The second-order valence-electron chi connectivity index (χ2n) is 16.1. The summed E-state index contributed by atoms with van der Waals surface area (Å²) < 4.78 is 20.2. The summed E-state index contributed by atoms with van der Waals surface area (Å²) >= 11 is 0. The van der Waals surface area contributed by atoms with Crippen LogP contribution in [0.5, 0.6) is 0 Å². The number of benzene rings is 2. The number of esters is 4. The predicted molar refractivity (Wildman–Crippen MR) is 233 cm³/mol. The van der Waals surface area contributed by atoms with Gasteiger partial charge in [-0.2, -0.15) is 0 Å². The van der Waals surface area contributed by atoms with Crippen molar-refractivity contribution in [1.29, 1.82) is 0 Å². The molecule has 0 aliphatic carbocycles. The van der Waals surface area contributed by atoms with Crippen molar-refractivity contribution in [3.8, 4) is 0 Å². The second kappa shape index (κ2) is 26.2. The summed E-state index contributed by atoms with van der Waals surface area (Å²) in [4.78, 5) is 132. The molecule has 0 aliphatic rings. The second-order valence-corrected chi connectivity index (χ2v) is 16.1. The van der Waals surface area contributed by atoms with Gasteiger partial charge in [-0.1, -0.05) is 27.7 Å². The third kappa shape index (κ3) is 18.9. The van der Waals surface area contributed by atoms with Gasteiger partial charge in [-0.15, -0.1) is 0 Å². The topological polar surface area (TPSA) is 458 Å². The third-order valence-electron chi connectivity index (χ3n) is 8.96. The number of nitrogens with two attached hydrogens (primary N) is 6. The average Bonchev–Trinajstić information content (AvgIpc) is 3.26. The SMILES string of the molecule is CC(C)CC(N)(OC(=O)C(N)COC(=O)C(N)CC(=O)CCC(=O)CC(N)C(=O)OCC(N)C(=O)OC(N)(CC(C)C)C(=O)ONc1ccc([N+](=O)[O-])cc1)C(=O)ONc1ccc([N+](=O)[O-])cc1. The van der Waals surface area contributed by atoms with Crippen molar-refractivity contribution < 1.29 is 76.8 Å². The first-order chi connectivity index (χ1) is 31.7. The van der Waals surface area contributed by atoms with E-state index in [-0.39, 0.29) is 47.4 Å². The van der Waals surface area contributed by atoms with E-state index in [9.17, 15) is 58.6 Å². The van der Waals surface area contributed by atoms with Crippen LogP contribution in [0.15, 0.2) is 48.5 Å². The maximum absolute atomic E-state index is 12.9. The summed E-state index contributed by atoms with van der Waals surface area (Å²) in [6, 6.07) is 3.01. The van der Waals surface area contributed by atoms with Crippen LogP contribution in [0.4, 0.5) is 22.7 Å². The van der Waals surface area contributed by atoms with Gasteiger partial charge >= 0.3 is 35.8 Å². The molecule has 2 aromatic carbocycles. The van der Waals surface area contributed by atoms with Crippen LogP contribution < -0.4 is 45.4 Å². The number of rotatable bonds is 29. The van der Waals surface area contributed by atoms with Crippen molar-refractivity contribution in [3.05, 3.63) is 68.8 Å². The lowest BCUT2D eigenvalue weighted by molar-refractivity contribution is -0.385. The Hall–Kier alpha value is -7.24. The molecule has 6 atom stereocenters. The van der Waals surface area contributed by atoms with Crippen LogP contribution in [0.2, 0.25) is 0 Å². The number of ketones is 2. The van der Waals surface area contributed by atoms with Crippen LogP contribution in [0.1, 0.15) is 66.2 Å². The normalized spacial score (nSPS) is 14.6. The molecule has 2 aromatic rings. The highest BCUT2D eigenvalue weighted by molar-refractivity contribution is 5.92. The van der Waals surface area contributed by atoms with Crippen LogP contribution in [-0.2, 0) is 67.0 Å². The van der Waals surface area contributed by atoms with Gasteiger partial charge in [0.05, 0.1) is 21.2 Å². The fraction of sp³-hybridized carbons (Fsp3) is 0.500. The molecule has 0 saturated carbocycles. The number of carbonyl (C=O) groups excluding carboxylic acids is 8. The smallest absolute Gasteiger partial charge is 0.390 e. The van der Waals surface area contributed by atoms with E-state index in [1.807, 2.05) is 0 Å². The molecule has 6 unspecified atom stereocenters. The Balaban J connectivity index is 1.80. The zero-order valence-electron chi connectivity index (χ0n) is 37.4. The minimum atomic E-state index is -2.39. The molecule has 374 valence electrons. The monoisotopic (exact) mass is 964 g/mol. The summed E-state index contributed by atoms with van der Waals surface area (Å²) in [6.45, 7) is 4.98. The van der Waals surface area contributed by atoms with Gasteiger partial charge in [0.1, 0.15) is 48.9 Å². The number of Topliss-reactive ketones (excluding diaryl/α,β-unsaturated/α-hetero) is 2. The highest BCUT2D eigenvalue weighted by Gasteiger charge is 2.44. The summed E-state index contributed by atoms with van der Waals surface area (Å²) in [5.74, 6) is -9.42. The highest BCUT2D eigenvalue weighted by atomic mass is 16.7. The maximum atomic E-state index is 12.9. The summed E-state index contributed by atoms with van der Waals surface area (Å²) in [5, 5.41) is 21.7. The maximum Gasteiger partial charge on any atom is 0.390 e. The van der Waals surface area contributed by atoms with Crippen molar-refractivity contribution in [2.75, 3.05) is 24.2 Å². The molecule has 0 fully saturated rings. The lowest BCUT2D eigenvalue weighted by Crippen LogP contribution is -2.56. The number of non-ortho nitro benzene ring substituents is 2. The van der Waals surface area contributed by atoms with E-state index in [1.165, 1.54) is 24.3 Å². The van der Waals surface area contributed by atoms with Crippen LogP contribution in [-0.4, -0.2) is 106 Å². The number of nitro benzene ring substituents is 2. The summed E-state index contributed by atoms with van der Waals surface area (Å²) in [5.41, 5.74) is 34.8. The summed E-state index contributed by atoms with van der Waals surface area (Å²) in [7, 11) is 0. The van der Waals surface area contributed by atoms with Crippen molar-refractivity contribution in [1.82, 2.24) is 0 Å². The number of anilines is 2. The number of ether oxygens (including phenoxy) is 4. The third-order valence-corrected chi connectivity index (χ3v) is 8.96. The van der Waals surface area contributed by atoms with Gasteiger partial charge in [0.15, 0.2) is 0 Å². The highest BCUT2D eigenvalue weighted by Crippen LogP contribution is 2.23.